The number of aromatic nitrogens is 4. The fraction of sp³-hybridized carbons (Fsp3) is 0.238. The van der Waals surface area contributed by atoms with E-state index in [0.29, 0.717) is 22.6 Å². The number of nitrogens with one attached hydrogen (secondary N) is 1. The molecule has 1 aliphatic heterocycles. The summed E-state index contributed by atoms with van der Waals surface area (Å²) in [4.78, 5) is 26.6. The number of hydrogen-bond acceptors (Lipinski definition) is 8. The Hall–Kier alpha value is -4.30. The number of imide groups is 1. The largest absolute Gasteiger partial charge is 0.491 e. The number of benzene rings is 2. The van der Waals surface area contributed by atoms with Crippen LogP contribution in [-0.4, -0.2) is 61.4 Å². The Bertz CT molecular complexity index is 1170. The highest BCUT2D eigenvalue weighted by Crippen LogP contribution is 2.30. The maximum atomic E-state index is 13.1. The third-order valence-electron chi connectivity index (χ3n) is 5.13. The second-order valence-corrected chi connectivity index (χ2v) is 7.38. The van der Waals surface area contributed by atoms with Crippen LogP contribution in [0.5, 0.6) is 5.75 Å². The Morgan fingerprint density at radius 1 is 1.25 bits per heavy atom. The summed E-state index contributed by atoms with van der Waals surface area (Å²) in [6.07, 6.45) is 0.322. The van der Waals surface area contributed by atoms with Gasteiger partial charge >= 0.3 is 6.03 Å². The monoisotopic (exact) mass is 433 g/mol. The van der Waals surface area contributed by atoms with Crippen LogP contribution >= 0.6 is 0 Å². The Morgan fingerprint density at radius 2 is 2.03 bits per heavy atom. The number of ether oxygens (including phenoxy) is 1. The highest BCUT2D eigenvalue weighted by Gasteiger charge is 2.49. The first-order valence-corrected chi connectivity index (χ1v) is 9.70. The predicted molar refractivity (Wildman–Crippen MR) is 109 cm³/mol. The normalized spacial score (nSPS) is 18.8. The first-order valence-electron chi connectivity index (χ1n) is 9.70. The average molecular weight is 433 g/mol. The van der Waals surface area contributed by atoms with Crippen molar-refractivity contribution in [1.82, 2.24) is 30.4 Å². The first kappa shape index (κ1) is 21.0. The topological polar surface area (TPSA) is 146 Å². The van der Waals surface area contributed by atoms with Gasteiger partial charge in [-0.1, -0.05) is 12.1 Å². The molecule has 2 atom stereocenters. The van der Waals surface area contributed by atoms with Crippen LogP contribution < -0.4 is 10.1 Å². The van der Waals surface area contributed by atoms with Gasteiger partial charge in [0, 0.05) is 0 Å². The van der Waals surface area contributed by atoms with Crippen LogP contribution in [0.2, 0.25) is 0 Å². The summed E-state index contributed by atoms with van der Waals surface area (Å²) in [6, 6.07) is 14.7. The minimum absolute atomic E-state index is 0.130. The van der Waals surface area contributed by atoms with Gasteiger partial charge < -0.3 is 15.2 Å². The molecule has 0 bridgehead atoms. The standard InChI is InChI=1S/C21H19N7O4/c1-21(15-3-2-4-16(9-15)28-13-23-25-26-28)19(30)27(20(31)24-21)11-17(29)12-32-18-7-5-14(10-22)6-8-18/h2-9,13,17,29H,11-12H2,1H3,(H,24,31). The van der Waals surface area contributed by atoms with Gasteiger partial charge in [0.25, 0.3) is 5.91 Å². The van der Waals surface area contributed by atoms with E-state index in [4.69, 9.17) is 10.00 Å². The smallest absolute Gasteiger partial charge is 0.325 e. The number of urea groups is 1. The first-order chi connectivity index (χ1) is 15.4. The molecule has 11 nitrogen and oxygen atoms in total. The fourth-order valence-electron chi connectivity index (χ4n) is 3.38. The quantitative estimate of drug-likeness (QED) is 0.519. The number of aliphatic hydroxyl groups excluding tert-OH is 1. The molecule has 0 aliphatic carbocycles. The minimum Gasteiger partial charge on any atom is -0.491 e. The number of carbonyl (C=O) groups is 2. The van der Waals surface area contributed by atoms with Crippen molar-refractivity contribution in [2.24, 2.45) is 0 Å². The van der Waals surface area contributed by atoms with Crippen LogP contribution in [-0.2, 0) is 10.3 Å². The highest BCUT2D eigenvalue weighted by molar-refractivity contribution is 6.07. The lowest BCUT2D eigenvalue weighted by atomic mass is 9.91. The number of nitrogens with zero attached hydrogens (tertiary/aromatic N) is 6. The number of nitriles is 1. The zero-order valence-corrected chi connectivity index (χ0v) is 17.0. The number of β-amino-alcohol motifs (C(OH)–C–C–N with tert-alkyl or cyclic N) is 1. The van der Waals surface area contributed by atoms with Crippen molar-refractivity contribution < 1.29 is 19.4 Å². The van der Waals surface area contributed by atoms with Gasteiger partial charge in [-0.05, 0) is 59.3 Å². The highest BCUT2D eigenvalue weighted by atomic mass is 16.5. The van der Waals surface area contributed by atoms with Crippen molar-refractivity contribution in [3.8, 4) is 17.5 Å². The third-order valence-corrected chi connectivity index (χ3v) is 5.13. The van der Waals surface area contributed by atoms with Crippen LogP contribution in [0.4, 0.5) is 4.79 Å². The Kier molecular flexibility index (Phi) is 5.53. The SMILES string of the molecule is CC1(c2cccc(-n3cnnn3)c2)NC(=O)N(CC(O)COc2ccc(C#N)cc2)C1=O. The van der Waals surface area contributed by atoms with Gasteiger partial charge in [0.05, 0.1) is 23.9 Å². The van der Waals surface area contributed by atoms with E-state index < -0.39 is 23.6 Å². The Balaban J connectivity index is 1.44. The van der Waals surface area contributed by atoms with Crippen molar-refractivity contribution >= 4 is 11.9 Å². The molecule has 1 saturated heterocycles. The summed E-state index contributed by atoms with van der Waals surface area (Å²) >= 11 is 0. The van der Waals surface area contributed by atoms with Crippen molar-refractivity contribution in [3.05, 3.63) is 66.0 Å². The third kappa shape index (κ3) is 3.99. The Labute approximate surface area is 182 Å². The minimum atomic E-state index is -1.31. The molecule has 4 rings (SSSR count). The molecule has 2 aromatic carbocycles. The maximum Gasteiger partial charge on any atom is 0.325 e. The van der Waals surface area contributed by atoms with Crippen LogP contribution in [0.15, 0.2) is 54.9 Å². The van der Waals surface area contributed by atoms with E-state index in [9.17, 15) is 14.7 Å². The van der Waals surface area contributed by atoms with Crippen LogP contribution in [0.1, 0.15) is 18.1 Å². The van der Waals surface area contributed by atoms with E-state index in [2.05, 4.69) is 20.8 Å². The number of rotatable bonds is 7. The predicted octanol–water partition coefficient (Wildman–Crippen LogP) is 0.741. The molecule has 3 amide bonds. The number of hydrogen-bond donors (Lipinski definition) is 2. The molecular weight excluding hydrogens is 414 g/mol. The molecule has 1 fully saturated rings. The number of amides is 3. The van der Waals surface area contributed by atoms with Gasteiger partial charge in [0.1, 0.15) is 30.3 Å². The van der Waals surface area contributed by atoms with Gasteiger partial charge in [0.2, 0.25) is 0 Å². The number of tetrazole rings is 1. The summed E-state index contributed by atoms with van der Waals surface area (Å²) in [6.45, 7) is 1.24. The molecule has 2 heterocycles. The van der Waals surface area contributed by atoms with Gasteiger partial charge in [-0.15, -0.1) is 5.10 Å². The summed E-state index contributed by atoms with van der Waals surface area (Å²) in [5, 5.41) is 32.9. The van der Waals surface area contributed by atoms with Crippen molar-refractivity contribution in [3.63, 3.8) is 0 Å². The molecular formula is C21H19N7O4. The molecule has 0 spiro atoms. The molecule has 1 aromatic heterocycles. The van der Waals surface area contributed by atoms with E-state index in [-0.39, 0.29) is 13.2 Å². The van der Waals surface area contributed by atoms with Gasteiger partial charge in [-0.25, -0.2) is 9.48 Å². The van der Waals surface area contributed by atoms with Gasteiger partial charge in [0.15, 0.2) is 0 Å². The summed E-state index contributed by atoms with van der Waals surface area (Å²) in [5.41, 5.74) is 0.356. The van der Waals surface area contributed by atoms with Crippen molar-refractivity contribution in [1.29, 1.82) is 5.26 Å². The Morgan fingerprint density at radius 3 is 2.72 bits per heavy atom. The van der Waals surface area contributed by atoms with E-state index in [1.807, 2.05) is 6.07 Å². The van der Waals surface area contributed by atoms with Crippen molar-refractivity contribution in [2.75, 3.05) is 13.2 Å². The average Bonchev–Trinajstić information content (AvgIpc) is 3.42. The molecule has 2 unspecified atom stereocenters. The van der Waals surface area contributed by atoms with Crippen LogP contribution in [0, 0.1) is 11.3 Å². The van der Waals surface area contributed by atoms with E-state index in [1.165, 1.54) is 11.0 Å². The second kappa shape index (κ2) is 8.44. The van der Waals surface area contributed by atoms with Crippen LogP contribution in [0.25, 0.3) is 5.69 Å². The lowest BCUT2D eigenvalue weighted by Crippen LogP contribution is -2.42. The zero-order chi connectivity index (χ0) is 22.7. The lowest BCUT2D eigenvalue weighted by molar-refractivity contribution is -0.132. The lowest BCUT2D eigenvalue weighted by Gasteiger charge is -2.23. The second-order valence-electron chi connectivity index (χ2n) is 7.38. The molecule has 1 aliphatic rings. The fourth-order valence-corrected chi connectivity index (χ4v) is 3.38. The molecule has 2 N–H and O–H groups in total. The van der Waals surface area contributed by atoms with Crippen molar-refractivity contribution in [2.45, 2.75) is 18.6 Å². The molecule has 0 radical (unpaired) electrons. The number of aliphatic hydroxyl groups is 1. The molecule has 3 aromatic rings. The van der Waals surface area contributed by atoms with E-state index in [1.54, 1.807) is 55.5 Å². The van der Waals surface area contributed by atoms with Gasteiger partial charge in [-0.2, -0.15) is 5.26 Å². The van der Waals surface area contributed by atoms with Crippen LogP contribution in [0.3, 0.4) is 0 Å². The molecule has 0 saturated carbocycles. The van der Waals surface area contributed by atoms with Gasteiger partial charge in [-0.3, -0.25) is 9.69 Å². The van der Waals surface area contributed by atoms with E-state index in [0.717, 1.165) is 4.90 Å². The maximum absolute atomic E-state index is 13.1. The summed E-state index contributed by atoms with van der Waals surface area (Å²) in [7, 11) is 0. The summed E-state index contributed by atoms with van der Waals surface area (Å²) < 4.78 is 6.93. The zero-order valence-electron chi connectivity index (χ0n) is 17.0. The molecule has 162 valence electrons. The number of carbonyl (C=O) groups excluding carboxylic acids is 2. The summed E-state index contributed by atoms with van der Waals surface area (Å²) in [5.74, 6) is -0.0294. The molecule has 32 heavy (non-hydrogen) atoms. The molecule has 11 heteroatoms. The van der Waals surface area contributed by atoms with E-state index >= 15 is 0 Å².